The van der Waals surface area contributed by atoms with Crippen molar-refractivity contribution in [3.63, 3.8) is 0 Å². The zero-order chi connectivity index (χ0) is 21.0. The Balaban J connectivity index is 1.51. The first kappa shape index (κ1) is 18.5. The number of hydrogen-bond donors (Lipinski definition) is 0. The fourth-order valence-corrected chi connectivity index (χ4v) is 3.71. The number of rotatable bonds is 3. The van der Waals surface area contributed by atoms with Crippen LogP contribution in [0.1, 0.15) is 21.6 Å². The third-order valence-electron chi connectivity index (χ3n) is 5.30. The minimum atomic E-state index is -1.77. The third-order valence-corrected chi connectivity index (χ3v) is 5.30. The highest BCUT2D eigenvalue weighted by molar-refractivity contribution is 6.42. The Morgan fingerprint density at radius 1 is 0.967 bits per heavy atom. The van der Waals surface area contributed by atoms with Crippen molar-refractivity contribution in [3.8, 4) is 11.1 Å². The lowest BCUT2D eigenvalue weighted by Crippen LogP contribution is -2.45. The van der Waals surface area contributed by atoms with Crippen molar-refractivity contribution in [3.05, 3.63) is 89.6 Å². The van der Waals surface area contributed by atoms with Crippen LogP contribution >= 0.6 is 0 Å². The van der Waals surface area contributed by atoms with Crippen LogP contribution in [0.4, 0.5) is 8.78 Å². The van der Waals surface area contributed by atoms with Crippen LogP contribution < -0.4 is 0 Å². The van der Waals surface area contributed by atoms with Crippen molar-refractivity contribution in [1.82, 2.24) is 19.3 Å². The molecule has 1 aliphatic rings. The van der Waals surface area contributed by atoms with Crippen LogP contribution in [0.3, 0.4) is 0 Å². The summed E-state index contributed by atoms with van der Waals surface area (Å²) >= 11 is 0. The molecule has 3 aromatic heterocycles. The molecular formula is C21H12B2F2N4O. The number of carbonyl (C=O) groups excluding carboxylic acids is 1. The highest BCUT2D eigenvalue weighted by atomic mass is 19.1. The normalized spacial score (nSPS) is 15.0. The van der Waals surface area contributed by atoms with E-state index >= 15 is 0 Å². The average Bonchev–Trinajstić information content (AvgIpc) is 3.26. The minimum Gasteiger partial charge on any atom is -0.340 e. The Hall–Kier alpha value is -3.48. The zero-order valence-electron chi connectivity index (χ0n) is 15.6. The van der Waals surface area contributed by atoms with Crippen LogP contribution in [-0.4, -0.2) is 40.9 Å². The molecule has 142 valence electrons. The minimum absolute atomic E-state index is 0.167. The van der Waals surface area contributed by atoms with Gasteiger partial charge in [-0.15, -0.1) is 0 Å². The standard InChI is InChI=1S/C21H12B2F2N4O/c22-21(23)19-14(2-1-4-27-19)20(30)29(21)11-15-16(24)8-13(9-17(15)25)12-3-6-28-7-5-26-18(28)10-12/h1-10H,11H2. The molecule has 5 rings (SSSR count). The fraction of sp³-hybridized carbons (Fsp3) is 0.0952. The van der Waals surface area contributed by atoms with E-state index in [-0.39, 0.29) is 16.8 Å². The summed E-state index contributed by atoms with van der Waals surface area (Å²) in [7, 11) is 12.2. The van der Waals surface area contributed by atoms with Crippen LogP contribution in [0.5, 0.6) is 0 Å². The zero-order valence-corrected chi connectivity index (χ0v) is 15.6. The summed E-state index contributed by atoms with van der Waals surface area (Å²) in [6, 6.07) is 9.00. The number of imidazole rings is 1. The van der Waals surface area contributed by atoms with Crippen LogP contribution in [0.15, 0.2) is 61.2 Å². The predicted molar refractivity (Wildman–Crippen MR) is 108 cm³/mol. The molecule has 1 aromatic carbocycles. The van der Waals surface area contributed by atoms with Gasteiger partial charge < -0.3 is 9.30 Å². The van der Waals surface area contributed by atoms with Gasteiger partial charge in [-0.25, -0.2) is 13.8 Å². The summed E-state index contributed by atoms with van der Waals surface area (Å²) in [5.41, 5.74) is 1.69. The quantitative estimate of drug-likeness (QED) is 0.501. The molecule has 0 saturated heterocycles. The molecule has 4 aromatic rings. The number of aromatic nitrogens is 3. The maximum absolute atomic E-state index is 14.9. The van der Waals surface area contributed by atoms with E-state index in [1.165, 1.54) is 24.4 Å². The first-order valence-electron chi connectivity index (χ1n) is 9.12. The molecule has 0 atom stereocenters. The van der Waals surface area contributed by atoms with E-state index in [0.717, 1.165) is 4.90 Å². The Bertz CT molecular complexity index is 1300. The first-order valence-corrected chi connectivity index (χ1v) is 9.12. The van der Waals surface area contributed by atoms with Crippen molar-refractivity contribution in [2.45, 2.75) is 11.9 Å². The third kappa shape index (κ3) is 2.73. The molecule has 0 bridgehead atoms. The summed E-state index contributed by atoms with van der Waals surface area (Å²) in [6.45, 7) is -0.431. The van der Waals surface area contributed by atoms with Gasteiger partial charge in [0.25, 0.3) is 5.91 Å². The van der Waals surface area contributed by atoms with Crippen LogP contribution in [0, 0.1) is 11.6 Å². The van der Waals surface area contributed by atoms with E-state index in [4.69, 9.17) is 15.7 Å². The number of fused-ring (bicyclic) bond motifs is 2. The summed E-state index contributed by atoms with van der Waals surface area (Å²) < 4.78 is 31.6. The highest BCUT2D eigenvalue weighted by Crippen LogP contribution is 2.35. The monoisotopic (exact) mass is 396 g/mol. The van der Waals surface area contributed by atoms with E-state index in [9.17, 15) is 13.6 Å². The predicted octanol–water partition coefficient (Wildman–Crippen LogP) is 2.78. The lowest BCUT2D eigenvalue weighted by atomic mass is 9.59. The molecule has 4 radical (unpaired) electrons. The van der Waals surface area contributed by atoms with E-state index in [1.54, 1.807) is 41.2 Å². The number of nitrogens with zero attached hydrogens (tertiary/aromatic N) is 4. The van der Waals surface area contributed by atoms with Crippen molar-refractivity contribution in [1.29, 1.82) is 0 Å². The molecule has 9 heteroatoms. The fourth-order valence-electron chi connectivity index (χ4n) is 3.71. The number of benzene rings is 1. The smallest absolute Gasteiger partial charge is 0.255 e. The molecule has 1 aliphatic heterocycles. The molecule has 0 unspecified atom stereocenters. The van der Waals surface area contributed by atoms with Crippen LogP contribution in [0.25, 0.3) is 16.8 Å². The summed E-state index contributed by atoms with van der Waals surface area (Å²) in [5.74, 6) is -2.14. The Labute approximate surface area is 173 Å². The molecular weight excluding hydrogens is 384 g/mol. The van der Waals surface area contributed by atoms with Crippen molar-refractivity contribution >= 4 is 27.2 Å². The van der Waals surface area contributed by atoms with Gasteiger partial charge in [0.1, 0.15) is 17.3 Å². The second kappa shape index (κ2) is 6.52. The van der Waals surface area contributed by atoms with E-state index in [2.05, 4.69) is 9.97 Å². The molecule has 5 nitrogen and oxygen atoms in total. The van der Waals surface area contributed by atoms with Gasteiger partial charge in [0, 0.05) is 35.7 Å². The van der Waals surface area contributed by atoms with Gasteiger partial charge >= 0.3 is 0 Å². The van der Waals surface area contributed by atoms with Gasteiger partial charge in [-0.05, 0) is 47.5 Å². The molecule has 0 spiro atoms. The lowest BCUT2D eigenvalue weighted by Gasteiger charge is -2.33. The van der Waals surface area contributed by atoms with Gasteiger partial charge in [0.05, 0.1) is 33.5 Å². The first-order chi connectivity index (χ1) is 14.4. The Morgan fingerprint density at radius 3 is 2.47 bits per heavy atom. The van der Waals surface area contributed by atoms with E-state index < -0.39 is 29.4 Å². The van der Waals surface area contributed by atoms with Crippen LogP contribution in [-0.2, 0) is 11.9 Å². The molecule has 1 amide bonds. The SMILES string of the molecule is [B]C1([B])c2ncccc2C(=O)N1Cc1c(F)cc(-c2ccn3ccnc3c2)cc1F. The molecule has 0 aliphatic carbocycles. The number of pyridine rings is 2. The largest absolute Gasteiger partial charge is 0.340 e. The van der Waals surface area contributed by atoms with Crippen molar-refractivity contribution in [2.75, 3.05) is 0 Å². The molecule has 0 saturated carbocycles. The van der Waals surface area contributed by atoms with E-state index in [1.807, 2.05) is 0 Å². The number of amides is 1. The van der Waals surface area contributed by atoms with Gasteiger partial charge in [-0.1, -0.05) is 0 Å². The maximum atomic E-state index is 14.9. The van der Waals surface area contributed by atoms with E-state index in [0.29, 0.717) is 16.8 Å². The molecule has 0 fully saturated rings. The van der Waals surface area contributed by atoms with Gasteiger partial charge in [-0.2, -0.15) is 0 Å². The second-order valence-electron chi connectivity index (χ2n) is 7.14. The van der Waals surface area contributed by atoms with Crippen LogP contribution in [0.2, 0.25) is 0 Å². The summed E-state index contributed by atoms with van der Waals surface area (Å²) in [6.07, 6.45) is 6.62. The van der Waals surface area contributed by atoms with Gasteiger partial charge in [-0.3, -0.25) is 9.78 Å². The number of halogens is 2. The Morgan fingerprint density at radius 2 is 1.73 bits per heavy atom. The lowest BCUT2D eigenvalue weighted by molar-refractivity contribution is 0.0727. The summed E-state index contributed by atoms with van der Waals surface area (Å²) in [5, 5.41) is -1.77. The van der Waals surface area contributed by atoms with Crippen molar-refractivity contribution in [2.24, 2.45) is 0 Å². The molecule has 30 heavy (non-hydrogen) atoms. The van der Waals surface area contributed by atoms with Gasteiger partial charge in [0.15, 0.2) is 0 Å². The van der Waals surface area contributed by atoms with Gasteiger partial charge in [0.2, 0.25) is 0 Å². The highest BCUT2D eigenvalue weighted by Gasteiger charge is 2.43. The number of hydrogen-bond acceptors (Lipinski definition) is 3. The van der Waals surface area contributed by atoms with Crippen molar-refractivity contribution < 1.29 is 13.6 Å². The summed E-state index contributed by atoms with van der Waals surface area (Å²) in [4.78, 5) is 22.0. The second-order valence-corrected chi connectivity index (χ2v) is 7.14. The molecule has 4 heterocycles. The topological polar surface area (TPSA) is 50.5 Å². The maximum Gasteiger partial charge on any atom is 0.255 e. The Kier molecular flexibility index (Phi) is 4.03. The molecule has 0 N–H and O–H groups in total. The number of carbonyl (C=O) groups is 1. The average molecular weight is 396 g/mol.